The van der Waals surface area contributed by atoms with Crippen LogP contribution in [0, 0.1) is 5.92 Å². The summed E-state index contributed by atoms with van der Waals surface area (Å²) in [4.78, 5) is 0. The first-order valence-corrected chi connectivity index (χ1v) is 4.98. The van der Waals surface area contributed by atoms with Crippen molar-refractivity contribution in [3.63, 3.8) is 0 Å². The van der Waals surface area contributed by atoms with Crippen LogP contribution < -0.4 is 5.73 Å². The lowest BCUT2D eigenvalue weighted by Crippen LogP contribution is -2.32. The second kappa shape index (κ2) is 3.43. The van der Waals surface area contributed by atoms with E-state index in [-0.39, 0.29) is 19.0 Å². The number of halogens is 3. The molecule has 7 heteroatoms. The summed E-state index contributed by atoms with van der Waals surface area (Å²) in [7, 11) is -3.55. The first kappa shape index (κ1) is 12.1. The van der Waals surface area contributed by atoms with Crippen LogP contribution in [-0.4, -0.2) is 32.4 Å². The minimum Gasteiger partial charge on any atom is -0.330 e. The van der Waals surface area contributed by atoms with Gasteiger partial charge in [-0.25, -0.2) is 17.2 Å². The predicted octanol–water partition coefficient (Wildman–Crippen LogP) is 0.0468. The van der Waals surface area contributed by atoms with Gasteiger partial charge in [0.05, 0.1) is 5.75 Å². The fraction of sp³-hybridized carbons (Fsp3) is 1.00. The summed E-state index contributed by atoms with van der Waals surface area (Å²) < 4.78 is 46.7. The van der Waals surface area contributed by atoms with Crippen LogP contribution in [0.1, 0.15) is 0 Å². The molecule has 3 nitrogen and oxygen atoms in total. The van der Waals surface area contributed by atoms with Crippen molar-refractivity contribution in [2.75, 3.05) is 18.1 Å². The number of sulfone groups is 1. The summed E-state index contributed by atoms with van der Waals surface area (Å²) in [5, 5.41) is 0. The third kappa shape index (κ3) is 2.27. The van der Waals surface area contributed by atoms with Crippen LogP contribution in [0.25, 0.3) is 0 Å². The van der Waals surface area contributed by atoms with Gasteiger partial charge in [0.15, 0.2) is 9.84 Å². The van der Waals surface area contributed by atoms with Crippen LogP contribution in [0.5, 0.6) is 0 Å². The van der Waals surface area contributed by atoms with Crippen molar-refractivity contribution in [1.29, 1.82) is 0 Å². The average Bonchev–Trinajstić information content (AvgIpc) is 1.99. The third-order valence-electron chi connectivity index (χ3n) is 1.75. The van der Waals surface area contributed by atoms with Gasteiger partial charge >= 0.3 is 0 Å². The zero-order chi connectivity index (χ0) is 8.70. The summed E-state index contributed by atoms with van der Waals surface area (Å²) in [6.07, 6.45) is 0. The summed E-state index contributed by atoms with van der Waals surface area (Å²) in [6, 6.07) is 0. The smallest absolute Gasteiger partial charge is 0.266 e. The van der Waals surface area contributed by atoms with Gasteiger partial charge in [-0.1, -0.05) is 0 Å². The SMILES string of the molecule is Cl.NCC1CS(=O)(=O)CC1(F)F. The van der Waals surface area contributed by atoms with Gasteiger partial charge in [-0.3, -0.25) is 0 Å². The Hall–Kier alpha value is 0.0600. The molecule has 1 saturated heterocycles. The van der Waals surface area contributed by atoms with Crippen LogP contribution in [0.2, 0.25) is 0 Å². The van der Waals surface area contributed by atoms with Crippen molar-refractivity contribution < 1.29 is 17.2 Å². The van der Waals surface area contributed by atoms with Crippen molar-refractivity contribution in [3.8, 4) is 0 Å². The quantitative estimate of drug-likeness (QED) is 0.681. The predicted molar refractivity (Wildman–Crippen MR) is 43.4 cm³/mol. The lowest BCUT2D eigenvalue weighted by Gasteiger charge is -2.13. The minimum absolute atomic E-state index is 0. The Bertz CT molecular complexity index is 254. The van der Waals surface area contributed by atoms with Crippen LogP contribution in [-0.2, 0) is 9.84 Å². The van der Waals surface area contributed by atoms with Gasteiger partial charge in [0.1, 0.15) is 5.75 Å². The number of rotatable bonds is 1. The molecule has 0 aromatic carbocycles. The van der Waals surface area contributed by atoms with Gasteiger partial charge in [0.2, 0.25) is 0 Å². The summed E-state index contributed by atoms with van der Waals surface area (Å²) in [6.45, 7) is -0.272. The lowest BCUT2D eigenvalue weighted by atomic mass is 10.1. The molecule has 0 aromatic heterocycles. The maximum absolute atomic E-state index is 12.6. The average molecular weight is 222 g/mol. The van der Waals surface area contributed by atoms with Crippen molar-refractivity contribution in [3.05, 3.63) is 0 Å². The Morgan fingerprint density at radius 1 is 1.50 bits per heavy atom. The largest absolute Gasteiger partial charge is 0.330 e. The minimum atomic E-state index is -3.55. The van der Waals surface area contributed by atoms with Crippen molar-refractivity contribution in [2.45, 2.75) is 5.92 Å². The first-order chi connectivity index (χ1) is 4.87. The van der Waals surface area contributed by atoms with E-state index in [1.54, 1.807) is 0 Å². The molecule has 0 amide bonds. The molecule has 1 aliphatic heterocycles. The van der Waals surface area contributed by atoms with Crippen molar-refractivity contribution >= 4 is 22.2 Å². The highest BCUT2D eigenvalue weighted by atomic mass is 35.5. The maximum Gasteiger partial charge on any atom is 0.266 e. The fourth-order valence-electron chi connectivity index (χ4n) is 1.14. The zero-order valence-electron chi connectivity index (χ0n) is 6.16. The Kier molecular flexibility index (Phi) is 3.45. The molecule has 0 aromatic rings. The van der Waals surface area contributed by atoms with E-state index in [1.165, 1.54) is 0 Å². The van der Waals surface area contributed by atoms with Gasteiger partial charge < -0.3 is 5.73 Å². The van der Waals surface area contributed by atoms with Crippen LogP contribution in [0.15, 0.2) is 0 Å². The highest BCUT2D eigenvalue weighted by molar-refractivity contribution is 7.91. The number of nitrogens with two attached hydrogens (primary N) is 1. The molecule has 1 rings (SSSR count). The molecular formula is C5H10ClF2NO2S. The lowest BCUT2D eigenvalue weighted by molar-refractivity contribution is -0.0145. The van der Waals surface area contributed by atoms with E-state index in [4.69, 9.17) is 5.73 Å². The Labute approximate surface area is 75.6 Å². The van der Waals surface area contributed by atoms with Gasteiger partial charge in [-0.05, 0) is 0 Å². The van der Waals surface area contributed by atoms with Crippen molar-refractivity contribution in [2.24, 2.45) is 11.7 Å². The van der Waals surface area contributed by atoms with E-state index in [9.17, 15) is 17.2 Å². The summed E-state index contributed by atoms with van der Waals surface area (Å²) >= 11 is 0. The summed E-state index contributed by atoms with van der Waals surface area (Å²) in [5.41, 5.74) is 4.99. The highest BCUT2D eigenvalue weighted by Gasteiger charge is 2.51. The molecule has 1 atom stereocenters. The van der Waals surface area contributed by atoms with Crippen molar-refractivity contribution in [1.82, 2.24) is 0 Å². The van der Waals surface area contributed by atoms with Crippen LogP contribution in [0.4, 0.5) is 8.78 Å². The van der Waals surface area contributed by atoms with Crippen LogP contribution in [0.3, 0.4) is 0 Å². The summed E-state index contributed by atoms with van der Waals surface area (Å²) in [5.74, 6) is -5.82. The van der Waals surface area contributed by atoms with Crippen LogP contribution >= 0.6 is 12.4 Å². The molecule has 0 bridgehead atoms. The van der Waals surface area contributed by atoms with Gasteiger partial charge in [-0.2, -0.15) is 0 Å². The highest BCUT2D eigenvalue weighted by Crippen LogP contribution is 2.33. The molecule has 12 heavy (non-hydrogen) atoms. The standard InChI is InChI=1S/C5H9F2NO2S.ClH/c6-5(7)3-11(9,10)2-4(5)1-8;/h4H,1-3,8H2;1H. The van der Waals surface area contributed by atoms with E-state index in [0.717, 1.165) is 0 Å². The Balaban J connectivity index is 0.00000121. The molecule has 1 fully saturated rings. The van der Waals surface area contributed by atoms with E-state index < -0.39 is 33.2 Å². The Morgan fingerprint density at radius 3 is 2.17 bits per heavy atom. The molecule has 0 spiro atoms. The van der Waals surface area contributed by atoms with Gasteiger partial charge in [0.25, 0.3) is 5.92 Å². The molecule has 1 unspecified atom stereocenters. The molecule has 74 valence electrons. The number of alkyl halides is 2. The molecule has 0 saturated carbocycles. The molecule has 2 N–H and O–H groups in total. The second-order valence-corrected chi connectivity index (χ2v) is 4.86. The second-order valence-electron chi connectivity index (χ2n) is 2.75. The molecular weight excluding hydrogens is 212 g/mol. The topological polar surface area (TPSA) is 60.2 Å². The van der Waals surface area contributed by atoms with E-state index in [0.29, 0.717) is 0 Å². The molecule has 0 aliphatic carbocycles. The molecule has 0 radical (unpaired) electrons. The number of hydrogen-bond donors (Lipinski definition) is 1. The van der Waals surface area contributed by atoms with Gasteiger partial charge in [0, 0.05) is 12.5 Å². The van der Waals surface area contributed by atoms with E-state index in [1.807, 2.05) is 0 Å². The monoisotopic (exact) mass is 221 g/mol. The third-order valence-corrected chi connectivity index (χ3v) is 3.48. The van der Waals surface area contributed by atoms with E-state index in [2.05, 4.69) is 0 Å². The van der Waals surface area contributed by atoms with E-state index >= 15 is 0 Å². The molecule has 1 heterocycles. The maximum atomic E-state index is 12.6. The fourth-order valence-corrected chi connectivity index (χ4v) is 3.07. The Morgan fingerprint density at radius 2 is 2.00 bits per heavy atom. The zero-order valence-corrected chi connectivity index (χ0v) is 7.80. The number of hydrogen-bond acceptors (Lipinski definition) is 3. The van der Waals surface area contributed by atoms with Gasteiger partial charge in [-0.15, -0.1) is 12.4 Å². The molecule has 1 aliphatic rings. The normalized spacial score (nSPS) is 31.1. The first-order valence-electron chi connectivity index (χ1n) is 3.16.